The molecule has 6 nitrogen and oxygen atoms in total. The standard InChI is InChI=1S/C16H21N3O3/c1-4-7-19(13-9-14(20)18(3)16(13)22)15(21)8-12-6-5-11(2)17-10-12/h5-6,10,13H,4,7-9H2,1-3H3/t13-/m1/s1. The molecule has 2 rings (SSSR count). The van der Waals surface area contributed by atoms with E-state index in [2.05, 4.69) is 4.98 Å². The third-order valence-corrected chi connectivity index (χ3v) is 3.85. The van der Waals surface area contributed by atoms with Crippen molar-refractivity contribution in [2.24, 2.45) is 0 Å². The molecule has 0 bridgehead atoms. The highest BCUT2D eigenvalue weighted by atomic mass is 16.2. The van der Waals surface area contributed by atoms with Crippen LogP contribution < -0.4 is 0 Å². The Balaban J connectivity index is 2.13. The van der Waals surface area contributed by atoms with E-state index in [0.717, 1.165) is 22.6 Å². The highest BCUT2D eigenvalue weighted by Crippen LogP contribution is 2.19. The fourth-order valence-electron chi connectivity index (χ4n) is 2.55. The van der Waals surface area contributed by atoms with Crippen molar-refractivity contribution in [1.29, 1.82) is 0 Å². The van der Waals surface area contributed by atoms with Crippen LogP contribution in [0.5, 0.6) is 0 Å². The van der Waals surface area contributed by atoms with Crippen molar-refractivity contribution in [2.45, 2.75) is 39.2 Å². The van der Waals surface area contributed by atoms with Crippen molar-refractivity contribution < 1.29 is 14.4 Å². The highest BCUT2D eigenvalue weighted by Gasteiger charge is 2.41. The molecule has 2 heterocycles. The molecule has 0 unspecified atom stereocenters. The van der Waals surface area contributed by atoms with Gasteiger partial charge in [0.15, 0.2) is 0 Å². The monoisotopic (exact) mass is 303 g/mol. The van der Waals surface area contributed by atoms with E-state index >= 15 is 0 Å². The maximum absolute atomic E-state index is 12.5. The number of amides is 3. The molecule has 1 aromatic heterocycles. The summed E-state index contributed by atoms with van der Waals surface area (Å²) in [7, 11) is 1.46. The van der Waals surface area contributed by atoms with Crippen LogP contribution in [0.1, 0.15) is 31.0 Å². The van der Waals surface area contributed by atoms with E-state index in [4.69, 9.17) is 0 Å². The number of imide groups is 1. The first-order valence-corrected chi connectivity index (χ1v) is 7.45. The lowest BCUT2D eigenvalue weighted by Crippen LogP contribution is -2.45. The Labute approximate surface area is 130 Å². The van der Waals surface area contributed by atoms with E-state index in [1.807, 2.05) is 26.0 Å². The van der Waals surface area contributed by atoms with E-state index in [9.17, 15) is 14.4 Å². The van der Waals surface area contributed by atoms with Gasteiger partial charge in [-0.05, 0) is 25.0 Å². The molecule has 0 N–H and O–H groups in total. The van der Waals surface area contributed by atoms with Crippen LogP contribution in [0.15, 0.2) is 18.3 Å². The minimum absolute atomic E-state index is 0.0766. The number of likely N-dealkylation sites (tertiary alicyclic amines) is 1. The fraction of sp³-hybridized carbons (Fsp3) is 0.500. The summed E-state index contributed by atoms with van der Waals surface area (Å²) < 4.78 is 0. The van der Waals surface area contributed by atoms with Crippen LogP contribution in [0, 0.1) is 6.92 Å². The molecule has 1 aliphatic heterocycles. The largest absolute Gasteiger partial charge is 0.330 e. The smallest absolute Gasteiger partial charge is 0.252 e. The van der Waals surface area contributed by atoms with Crippen LogP contribution in [-0.2, 0) is 20.8 Å². The zero-order valence-electron chi connectivity index (χ0n) is 13.2. The van der Waals surface area contributed by atoms with Crippen LogP contribution >= 0.6 is 0 Å². The first kappa shape index (κ1) is 16.1. The van der Waals surface area contributed by atoms with Gasteiger partial charge in [-0.25, -0.2) is 0 Å². The van der Waals surface area contributed by atoms with Crippen LogP contribution in [0.3, 0.4) is 0 Å². The molecule has 1 saturated heterocycles. The second kappa shape index (κ2) is 6.68. The van der Waals surface area contributed by atoms with Crippen molar-refractivity contribution in [2.75, 3.05) is 13.6 Å². The molecule has 1 aliphatic rings. The number of nitrogens with zero attached hydrogens (tertiary/aromatic N) is 3. The normalized spacial score (nSPS) is 18.0. The van der Waals surface area contributed by atoms with Crippen molar-refractivity contribution >= 4 is 17.7 Å². The zero-order valence-corrected chi connectivity index (χ0v) is 13.2. The number of carbonyl (C=O) groups is 3. The lowest BCUT2D eigenvalue weighted by Gasteiger charge is -2.27. The fourth-order valence-corrected chi connectivity index (χ4v) is 2.55. The number of carbonyl (C=O) groups excluding carboxylic acids is 3. The van der Waals surface area contributed by atoms with Gasteiger partial charge < -0.3 is 4.90 Å². The lowest BCUT2D eigenvalue weighted by molar-refractivity contribution is -0.143. The summed E-state index contributed by atoms with van der Waals surface area (Å²) >= 11 is 0. The Morgan fingerprint density at radius 1 is 1.41 bits per heavy atom. The van der Waals surface area contributed by atoms with Crippen LogP contribution in [0.2, 0.25) is 0 Å². The first-order chi connectivity index (χ1) is 10.4. The van der Waals surface area contributed by atoms with Crippen molar-refractivity contribution in [1.82, 2.24) is 14.8 Å². The second-order valence-corrected chi connectivity index (χ2v) is 5.58. The summed E-state index contributed by atoms with van der Waals surface area (Å²) in [4.78, 5) is 43.2. The van der Waals surface area contributed by atoms with E-state index in [0.29, 0.717) is 6.54 Å². The van der Waals surface area contributed by atoms with Gasteiger partial charge in [-0.3, -0.25) is 24.3 Å². The summed E-state index contributed by atoms with van der Waals surface area (Å²) in [5.74, 6) is -0.677. The van der Waals surface area contributed by atoms with E-state index < -0.39 is 6.04 Å². The number of aryl methyl sites for hydroxylation is 1. The summed E-state index contributed by atoms with van der Waals surface area (Å²) in [6.45, 7) is 4.29. The minimum Gasteiger partial charge on any atom is -0.330 e. The molecular weight excluding hydrogens is 282 g/mol. The molecule has 0 saturated carbocycles. The van der Waals surface area contributed by atoms with E-state index in [-0.39, 0.29) is 30.6 Å². The maximum Gasteiger partial charge on any atom is 0.252 e. The molecule has 0 spiro atoms. The average molecular weight is 303 g/mol. The van der Waals surface area contributed by atoms with Crippen LogP contribution in [-0.4, -0.2) is 52.1 Å². The molecule has 0 aliphatic carbocycles. The van der Waals surface area contributed by atoms with E-state index in [1.165, 1.54) is 11.9 Å². The number of rotatable bonds is 5. The Morgan fingerprint density at radius 3 is 2.64 bits per heavy atom. The molecule has 1 aromatic rings. The molecule has 1 fully saturated rings. The van der Waals surface area contributed by atoms with E-state index in [1.54, 1.807) is 6.20 Å². The summed E-state index contributed by atoms with van der Waals surface area (Å²) in [5.41, 5.74) is 1.70. The second-order valence-electron chi connectivity index (χ2n) is 5.58. The third kappa shape index (κ3) is 3.32. The Kier molecular flexibility index (Phi) is 4.90. The predicted octanol–water partition coefficient (Wildman–Crippen LogP) is 0.928. The summed E-state index contributed by atoms with van der Waals surface area (Å²) in [5, 5.41) is 0. The quantitative estimate of drug-likeness (QED) is 0.759. The Bertz CT molecular complexity index is 583. The minimum atomic E-state index is -0.664. The Hall–Kier alpha value is -2.24. The highest BCUT2D eigenvalue weighted by molar-refractivity contribution is 6.06. The van der Waals surface area contributed by atoms with Crippen LogP contribution in [0.4, 0.5) is 0 Å². The number of hydrogen-bond acceptors (Lipinski definition) is 4. The van der Waals surface area contributed by atoms with Crippen LogP contribution in [0.25, 0.3) is 0 Å². The van der Waals surface area contributed by atoms with Crippen molar-refractivity contribution in [3.8, 4) is 0 Å². The van der Waals surface area contributed by atoms with Gasteiger partial charge in [-0.1, -0.05) is 13.0 Å². The van der Waals surface area contributed by atoms with Gasteiger partial charge in [-0.15, -0.1) is 0 Å². The Morgan fingerprint density at radius 2 is 2.14 bits per heavy atom. The van der Waals surface area contributed by atoms with Gasteiger partial charge in [0.1, 0.15) is 6.04 Å². The molecule has 3 amide bonds. The van der Waals surface area contributed by atoms with Gasteiger partial charge in [0.25, 0.3) is 5.91 Å². The molecule has 22 heavy (non-hydrogen) atoms. The van der Waals surface area contributed by atoms with Gasteiger partial charge >= 0.3 is 0 Å². The van der Waals surface area contributed by atoms with Crippen molar-refractivity contribution in [3.63, 3.8) is 0 Å². The summed E-state index contributed by atoms with van der Waals surface area (Å²) in [6, 6.07) is 3.05. The van der Waals surface area contributed by atoms with Gasteiger partial charge in [-0.2, -0.15) is 0 Å². The molecule has 0 aromatic carbocycles. The predicted molar refractivity (Wildman–Crippen MR) is 80.9 cm³/mol. The number of hydrogen-bond donors (Lipinski definition) is 0. The van der Waals surface area contributed by atoms with Gasteiger partial charge in [0.05, 0.1) is 12.8 Å². The van der Waals surface area contributed by atoms with Crippen molar-refractivity contribution in [3.05, 3.63) is 29.6 Å². The number of aromatic nitrogens is 1. The SMILES string of the molecule is CCCN(C(=O)Cc1ccc(C)nc1)[C@@H]1CC(=O)N(C)C1=O. The molecule has 0 radical (unpaired) electrons. The van der Waals surface area contributed by atoms with Gasteiger partial charge in [0, 0.05) is 25.5 Å². The molecule has 118 valence electrons. The molecular formula is C16H21N3O3. The average Bonchev–Trinajstić information content (AvgIpc) is 2.74. The van der Waals surface area contributed by atoms with Gasteiger partial charge in [0.2, 0.25) is 11.8 Å². The third-order valence-electron chi connectivity index (χ3n) is 3.85. The topological polar surface area (TPSA) is 70.6 Å². The first-order valence-electron chi connectivity index (χ1n) is 7.45. The zero-order chi connectivity index (χ0) is 16.3. The number of likely N-dealkylation sites (N-methyl/N-ethyl adjacent to an activating group) is 1. The maximum atomic E-state index is 12.5. The number of pyridine rings is 1. The lowest BCUT2D eigenvalue weighted by atomic mass is 10.1. The summed E-state index contributed by atoms with van der Waals surface area (Å²) in [6.07, 6.45) is 2.67. The molecule has 6 heteroatoms. The molecule has 1 atom stereocenters.